The summed E-state index contributed by atoms with van der Waals surface area (Å²) in [4.78, 5) is 0. The largest absolute Gasteiger partial charge is 0.489 e. The maximum Gasteiger partial charge on any atom is 0.145 e. The highest BCUT2D eigenvalue weighted by Crippen LogP contribution is 2.18. The van der Waals surface area contributed by atoms with Crippen LogP contribution in [0.2, 0.25) is 0 Å². The van der Waals surface area contributed by atoms with Gasteiger partial charge in [0.25, 0.3) is 0 Å². The number of hydrogen-bond acceptors (Lipinski definition) is 4. The van der Waals surface area contributed by atoms with Crippen LogP contribution in [0.4, 0.5) is 0 Å². The van der Waals surface area contributed by atoms with Gasteiger partial charge in [0, 0.05) is 18.8 Å². The molecule has 0 radical (unpaired) electrons. The Morgan fingerprint density at radius 2 is 2.28 bits per heavy atom. The number of aromatic nitrogens is 2. The molecule has 5 nitrogen and oxygen atoms in total. The van der Waals surface area contributed by atoms with Gasteiger partial charge in [-0.15, -0.1) is 0 Å². The summed E-state index contributed by atoms with van der Waals surface area (Å²) in [5.41, 5.74) is 0.904. The lowest BCUT2D eigenvalue weighted by Gasteiger charge is -2.15. The van der Waals surface area contributed by atoms with Crippen molar-refractivity contribution in [2.45, 2.75) is 26.0 Å². The minimum atomic E-state index is -0.518. The number of rotatable bonds is 6. The monoisotopic (exact) mass is 249 g/mol. The van der Waals surface area contributed by atoms with Gasteiger partial charge in [-0.25, -0.2) is 4.52 Å². The fraction of sp³-hybridized carbons (Fsp3) is 0.462. The number of fused-ring (bicyclic) bond motifs is 1. The molecule has 2 N–H and O–H groups in total. The molecule has 0 amide bonds. The molecule has 0 saturated heterocycles. The zero-order chi connectivity index (χ0) is 13.0. The van der Waals surface area contributed by atoms with Crippen LogP contribution < -0.4 is 10.1 Å². The van der Waals surface area contributed by atoms with Crippen molar-refractivity contribution in [3.8, 4) is 5.75 Å². The van der Waals surface area contributed by atoms with E-state index in [-0.39, 0.29) is 6.61 Å². The van der Waals surface area contributed by atoms with Crippen molar-refractivity contribution in [1.82, 2.24) is 14.9 Å². The molecule has 0 aromatic carbocycles. The lowest BCUT2D eigenvalue weighted by Crippen LogP contribution is -2.35. The Morgan fingerprint density at radius 1 is 1.44 bits per heavy atom. The Balaban J connectivity index is 1.91. The highest BCUT2D eigenvalue weighted by molar-refractivity contribution is 5.58. The van der Waals surface area contributed by atoms with Crippen LogP contribution in [0.25, 0.3) is 5.52 Å². The molecule has 0 aliphatic carbocycles. The van der Waals surface area contributed by atoms with Gasteiger partial charge in [-0.1, -0.05) is 13.8 Å². The van der Waals surface area contributed by atoms with Crippen LogP contribution in [0.1, 0.15) is 13.8 Å². The SMILES string of the molecule is CC(C)NC[C@@H](O)COc1cccn2nccc12. The van der Waals surface area contributed by atoms with Gasteiger partial charge in [0.2, 0.25) is 0 Å². The zero-order valence-corrected chi connectivity index (χ0v) is 10.7. The van der Waals surface area contributed by atoms with E-state index in [0.717, 1.165) is 11.3 Å². The third kappa shape index (κ3) is 3.21. The van der Waals surface area contributed by atoms with E-state index in [9.17, 15) is 5.11 Å². The zero-order valence-electron chi connectivity index (χ0n) is 10.7. The number of nitrogens with one attached hydrogen (secondary N) is 1. The highest BCUT2D eigenvalue weighted by atomic mass is 16.5. The molecule has 0 saturated carbocycles. The van der Waals surface area contributed by atoms with Crippen molar-refractivity contribution in [3.63, 3.8) is 0 Å². The predicted octanol–water partition coefficient (Wildman–Crippen LogP) is 1.07. The van der Waals surface area contributed by atoms with Gasteiger partial charge >= 0.3 is 0 Å². The van der Waals surface area contributed by atoms with Gasteiger partial charge in [-0.05, 0) is 18.2 Å². The van der Waals surface area contributed by atoms with E-state index in [0.29, 0.717) is 12.6 Å². The summed E-state index contributed by atoms with van der Waals surface area (Å²) in [6, 6.07) is 5.99. The average Bonchev–Trinajstić information content (AvgIpc) is 2.82. The molecule has 1 atom stereocenters. The first kappa shape index (κ1) is 12.9. The Bertz CT molecular complexity index is 496. The van der Waals surface area contributed by atoms with Crippen LogP contribution >= 0.6 is 0 Å². The fourth-order valence-corrected chi connectivity index (χ4v) is 1.66. The molecule has 0 bridgehead atoms. The summed E-state index contributed by atoms with van der Waals surface area (Å²) in [7, 11) is 0. The first-order valence-electron chi connectivity index (χ1n) is 6.13. The number of aliphatic hydroxyl groups is 1. The van der Waals surface area contributed by atoms with Crippen LogP contribution in [0, 0.1) is 0 Å². The molecular formula is C13H19N3O2. The normalized spacial score (nSPS) is 13.1. The molecule has 0 spiro atoms. The topological polar surface area (TPSA) is 58.8 Å². The van der Waals surface area contributed by atoms with Gasteiger partial charge in [0.15, 0.2) is 0 Å². The molecule has 2 rings (SSSR count). The molecule has 0 fully saturated rings. The third-order valence-electron chi connectivity index (χ3n) is 2.59. The molecule has 5 heteroatoms. The van der Waals surface area contributed by atoms with E-state index in [4.69, 9.17) is 4.74 Å². The van der Waals surface area contributed by atoms with Crippen LogP contribution in [-0.2, 0) is 0 Å². The second-order valence-electron chi connectivity index (χ2n) is 4.56. The number of ether oxygens (including phenoxy) is 1. The lowest BCUT2D eigenvalue weighted by molar-refractivity contribution is 0.105. The summed E-state index contributed by atoms with van der Waals surface area (Å²) in [5, 5.41) is 17.1. The van der Waals surface area contributed by atoms with Crippen molar-refractivity contribution in [2.24, 2.45) is 0 Å². The lowest BCUT2D eigenvalue weighted by atomic mass is 10.3. The fourth-order valence-electron chi connectivity index (χ4n) is 1.66. The van der Waals surface area contributed by atoms with Crippen molar-refractivity contribution < 1.29 is 9.84 Å². The molecule has 0 unspecified atom stereocenters. The summed E-state index contributed by atoms with van der Waals surface area (Å²) < 4.78 is 7.36. The second kappa shape index (κ2) is 5.84. The van der Waals surface area contributed by atoms with Crippen LogP contribution in [0.5, 0.6) is 5.75 Å². The van der Waals surface area contributed by atoms with Crippen molar-refractivity contribution in [3.05, 3.63) is 30.6 Å². The minimum Gasteiger partial charge on any atom is -0.489 e. The third-order valence-corrected chi connectivity index (χ3v) is 2.59. The number of aliphatic hydroxyl groups excluding tert-OH is 1. The van der Waals surface area contributed by atoms with Gasteiger partial charge in [-0.3, -0.25) is 0 Å². The quantitative estimate of drug-likeness (QED) is 0.804. The van der Waals surface area contributed by atoms with E-state index in [1.54, 1.807) is 10.7 Å². The number of hydrogen-bond donors (Lipinski definition) is 2. The van der Waals surface area contributed by atoms with Crippen molar-refractivity contribution >= 4 is 5.52 Å². The van der Waals surface area contributed by atoms with E-state index in [1.807, 2.05) is 38.2 Å². The summed E-state index contributed by atoms with van der Waals surface area (Å²) >= 11 is 0. The maximum atomic E-state index is 9.77. The highest BCUT2D eigenvalue weighted by Gasteiger charge is 2.08. The Labute approximate surface area is 106 Å². The Hall–Kier alpha value is -1.59. The number of pyridine rings is 1. The molecule has 0 aliphatic rings. The van der Waals surface area contributed by atoms with Crippen LogP contribution in [0.3, 0.4) is 0 Å². The van der Waals surface area contributed by atoms with E-state index in [1.165, 1.54) is 0 Å². The Kier molecular flexibility index (Phi) is 4.17. The van der Waals surface area contributed by atoms with Crippen LogP contribution in [-0.4, -0.2) is 40.0 Å². The summed E-state index contributed by atoms with van der Waals surface area (Å²) in [6.45, 7) is 4.88. The summed E-state index contributed by atoms with van der Waals surface area (Å²) in [6.07, 6.45) is 3.06. The molecular weight excluding hydrogens is 230 g/mol. The van der Waals surface area contributed by atoms with E-state index < -0.39 is 6.10 Å². The van der Waals surface area contributed by atoms with Crippen LogP contribution in [0.15, 0.2) is 30.6 Å². The molecule has 98 valence electrons. The van der Waals surface area contributed by atoms with Gasteiger partial charge in [-0.2, -0.15) is 5.10 Å². The molecule has 2 aromatic rings. The molecule has 18 heavy (non-hydrogen) atoms. The standard InChI is InChI=1S/C13H19N3O2/c1-10(2)14-8-11(17)9-18-13-4-3-7-16-12(13)5-6-15-16/h3-7,10-11,14,17H,8-9H2,1-2H3/t11-/m1/s1. The van der Waals surface area contributed by atoms with E-state index >= 15 is 0 Å². The first-order chi connectivity index (χ1) is 8.66. The average molecular weight is 249 g/mol. The Morgan fingerprint density at radius 3 is 3.06 bits per heavy atom. The summed E-state index contributed by atoms with van der Waals surface area (Å²) in [5.74, 6) is 0.735. The second-order valence-corrected chi connectivity index (χ2v) is 4.56. The molecule has 2 heterocycles. The number of nitrogens with zero attached hydrogens (tertiary/aromatic N) is 2. The van der Waals surface area contributed by atoms with Gasteiger partial charge in [0.1, 0.15) is 24.0 Å². The van der Waals surface area contributed by atoms with Gasteiger partial charge < -0.3 is 15.2 Å². The smallest absolute Gasteiger partial charge is 0.145 e. The predicted molar refractivity (Wildman–Crippen MR) is 69.8 cm³/mol. The van der Waals surface area contributed by atoms with E-state index in [2.05, 4.69) is 10.4 Å². The van der Waals surface area contributed by atoms with Crippen molar-refractivity contribution in [2.75, 3.05) is 13.2 Å². The first-order valence-corrected chi connectivity index (χ1v) is 6.13. The van der Waals surface area contributed by atoms with Crippen molar-refractivity contribution in [1.29, 1.82) is 0 Å². The maximum absolute atomic E-state index is 9.77. The van der Waals surface area contributed by atoms with Gasteiger partial charge in [0.05, 0.1) is 6.20 Å². The molecule has 2 aromatic heterocycles. The molecule has 0 aliphatic heterocycles. The minimum absolute atomic E-state index is 0.268.